The first-order valence-electron chi connectivity index (χ1n) is 9.46. The normalized spacial score (nSPS) is 11.4. The molecule has 1 amide bonds. The molecule has 0 aromatic heterocycles. The van der Waals surface area contributed by atoms with Crippen molar-refractivity contribution in [1.29, 1.82) is 0 Å². The van der Waals surface area contributed by atoms with Crippen molar-refractivity contribution in [2.45, 2.75) is 31.6 Å². The van der Waals surface area contributed by atoms with Gasteiger partial charge in [0.05, 0.1) is 5.02 Å². The SMILES string of the molecule is Cc1ccc(NS(=O)(=O)c2cc(C(=O)Nc3ccccc3C(C)C)ccc2Cl)cc1. The van der Waals surface area contributed by atoms with Crippen molar-refractivity contribution < 1.29 is 13.2 Å². The van der Waals surface area contributed by atoms with Crippen LogP contribution in [0.3, 0.4) is 0 Å². The molecule has 0 spiro atoms. The number of hydrogen-bond donors (Lipinski definition) is 2. The highest BCUT2D eigenvalue weighted by atomic mass is 35.5. The van der Waals surface area contributed by atoms with Crippen LogP contribution in [0.15, 0.2) is 71.6 Å². The van der Waals surface area contributed by atoms with E-state index in [1.807, 2.05) is 45.0 Å². The first kappa shape index (κ1) is 21.9. The number of benzene rings is 3. The number of anilines is 2. The Morgan fingerprint density at radius 2 is 1.63 bits per heavy atom. The van der Waals surface area contributed by atoms with Crippen LogP contribution in [0.25, 0.3) is 0 Å². The molecule has 0 aliphatic carbocycles. The molecular formula is C23H23ClN2O3S. The summed E-state index contributed by atoms with van der Waals surface area (Å²) in [5.74, 6) is -0.187. The number of rotatable bonds is 6. The third-order valence-electron chi connectivity index (χ3n) is 4.62. The van der Waals surface area contributed by atoms with Gasteiger partial charge in [-0.1, -0.05) is 61.3 Å². The second kappa shape index (κ2) is 8.90. The lowest BCUT2D eigenvalue weighted by Crippen LogP contribution is -2.17. The maximum Gasteiger partial charge on any atom is 0.263 e. The zero-order chi connectivity index (χ0) is 21.9. The van der Waals surface area contributed by atoms with Gasteiger partial charge < -0.3 is 5.32 Å². The van der Waals surface area contributed by atoms with E-state index in [0.717, 1.165) is 11.1 Å². The third-order valence-corrected chi connectivity index (χ3v) is 6.48. The molecule has 0 aliphatic heterocycles. The minimum Gasteiger partial charge on any atom is -0.322 e. The van der Waals surface area contributed by atoms with Crippen molar-refractivity contribution in [3.8, 4) is 0 Å². The standard InChI is InChI=1S/C23H23ClN2O3S/c1-15(2)19-6-4-5-7-21(19)25-23(27)17-10-13-20(24)22(14-17)30(28,29)26-18-11-8-16(3)9-12-18/h4-15,26H,1-3H3,(H,25,27). The maximum absolute atomic E-state index is 12.9. The Kier molecular flexibility index (Phi) is 6.48. The number of para-hydroxylation sites is 1. The van der Waals surface area contributed by atoms with Gasteiger partial charge in [-0.05, 0) is 54.8 Å². The second-order valence-electron chi connectivity index (χ2n) is 7.31. The van der Waals surface area contributed by atoms with Gasteiger partial charge in [0.1, 0.15) is 4.90 Å². The summed E-state index contributed by atoms with van der Waals surface area (Å²) >= 11 is 6.15. The predicted octanol–water partition coefficient (Wildman–Crippen LogP) is 5.82. The summed E-state index contributed by atoms with van der Waals surface area (Å²) in [6.07, 6.45) is 0. The Balaban J connectivity index is 1.89. The minimum atomic E-state index is -3.97. The third kappa shape index (κ3) is 5.01. The lowest BCUT2D eigenvalue weighted by atomic mass is 10.0. The maximum atomic E-state index is 12.9. The van der Waals surface area contributed by atoms with Gasteiger partial charge in [-0.15, -0.1) is 0 Å². The molecule has 0 saturated carbocycles. The van der Waals surface area contributed by atoms with Gasteiger partial charge in [0, 0.05) is 16.9 Å². The Morgan fingerprint density at radius 3 is 2.30 bits per heavy atom. The molecular weight excluding hydrogens is 420 g/mol. The van der Waals surface area contributed by atoms with Crippen molar-refractivity contribution in [2.24, 2.45) is 0 Å². The van der Waals surface area contributed by atoms with E-state index in [2.05, 4.69) is 10.0 Å². The van der Waals surface area contributed by atoms with E-state index in [1.165, 1.54) is 18.2 Å². The van der Waals surface area contributed by atoms with Gasteiger partial charge in [-0.25, -0.2) is 8.42 Å². The zero-order valence-corrected chi connectivity index (χ0v) is 18.5. The number of halogens is 1. The smallest absolute Gasteiger partial charge is 0.263 e. The highest BCUT2D eigenvalue weighted by Gasteiger charge is 2.21. The quantitative estimate of drug-likeness (QED) is 0.504. The molecule has 7 heteroatoms. The van der Waals surface area contributed by atoms with Crippen LogP contribution in [-0.4, -0.2) is 14.3 Å². The molecule has 0 bridgehead atoms. The van der Waals surface area contributed by atoms with Crippen molar-refractivity contribution in [2.75, 3.05) is 10.0 Å². The van der Waals surface area contributed by atoms with Crippen molar-refractivity contribution in [3.05, 3.63) is 88.4 Å². The van der Waals surface area contributed by atoms with Crippen LogP contribution in [0.2, 0.25) is 5.02 Å². The molecule has 30 heavy (non-hydrogen) atoms. The van der Waals surface area contributed by atoms with Crippen LogP contribution >= 0.6 is 11.6 Å². The van der Waals surface area contributed by atoms with E-state index >= 15 is 0 Å². The molecule has 5 nitrogen and oxygen atoms in total. The van der Waals surface area contributed by atoms with E-state index in [4.69, 9.17) is 11.6 Å². The summed E-state index contributed by atoms with van der Waals surface area (Å²) in [7, 11) is -3.97. The molecule has 156 valence electrons. The van der Waals surface area contributed by atoms with Crippen molar-refractivity contribution in [3.63, 3.8) is 0 Å². The Morgan fingerprint density at radius 1 is 0.967 bits per heavy atom. The summed E-state index contributed by atoms with van der Waals surface area (Å²) in [4.78, 5) is 12.6. The van der Waals surface area contributed by atoms with Crippen molar-refractivity contribution >= 4 is 38.9 Å². The van der Waals surface area contributed by atoms with Gasteiger partial charge in [-0.3, -0.25) is 9.52 Å². The van der Waals surface area contributed by atoms with Gasteiger partial charge in [0.15, 0.2) is 0 Å². The lowest BCUT2D eigenvalue weighted by molar-refractivity contribution is 0.102. The molecule has 3 rings (SSSR count). The molecule has 0 saturated heterocycles. The first-order valence-corrected chi connectivity index (χ1v) is 11.3. The van der Waals surface area contributed by atoms with Crippen LogP contribution in [0.5, 0.6) is 0 Å². The predicted molar refractivity (Wildman–Crippen MR) is 122 cm³/mol. The second-order valence-corrected chi connectivity index (χ2v) is 9.37. The van der Waals surface area contributed by atoms with E-state index in [0.29, 0.717) is 11.4 Å². The first-order chi connectivity index (χ1) is 14.2. The fourth-order valence-corrected chi connectivity index (χ4v) is 4.58. The number of carbonyl (C=O) groups is 1. The number of amides is 1. The fourth-order valence-electron chi connectivity index (χ4n) is 2.99. The van der Waals surface area contributed by atoms with Crippen molar-refractivity contribution in [1.82, 2.24) is 0 Å². The van der Waals surface area contributed by atoms with Gasteiger partial charge in [-0.2, -0.15) is 0 Å². The summed E-state index contributed by atoms with van der Waals surface area (Å²) < 4.78 is 28.2. The monoisotopic (exact) mass is 442 g/mol. The molecule has 0 atom stereocenters. The molecule has 0 aliphatic rings. The Hall–Kier alpha value is -2.83. The largest absolute Gasteiger partial charge is 0.322 e. The van der Waals surface area contributed by atoms with Gasteiger partial charge in [0.2, 0.25) is 0 Å². The van der Waals surface area contributed by atoms with Crippen LogP contribution in [0, 0.1) is 6.92 Å². The highest BCUT2D eigenvalue weighted by molar-refractivity contribution is 7.92. The van der Waals surface area contributed by atoms with E-state index in [-0.39, 0.29) is 21.4 Å². The highest BCUT2D eigenvalue weighted by Crippen LogP contribution is 2.27. The van der Waals surface area contributed by atoms with Crippen LogP contribution in [0.1, 0.15) is 41.3 Å². The topological polar surface area (TPSA) is 75.3 Å². The molecule has 2 N–H and O–H groups in total. The molecule has 3 aromatic carbocycles. The number of aryl methyl sites for hydroxylation is 1. The summed E-state index contributed by atoms with van der Waals surface area (Å²) in [6.45, 7) is 5.98. The van der Waals surface area contributed by atoms with Crippen LogP contribution < -0.4 is 10.0 Å². The summed E-state index contributed by atoms with van der Waals surface area (Å²) in [5, 5.41) is 2.90. The lowest BCUT2D eigenvalue weighted by Gasteiger charge is -2.14. The average Bonchev–Trinajstić information content (AvgIpc) is 2.70. The van der Waals surface area contributed by atoms with E-state index < -0.39 is 15.9 Å². The summed E-state index contributed by atoms with van der Waals surface area (Å²) in [6, 6.07) is 18.6. The molecule has 0 radical (unpaired) electrons. The number of hydrogen-bond acceptors (Lipinski definition) is 3. The zero-order valence-electron chi connectivity index (χ0n) is 16.9. The number of sulfonamides is 1. The molecule has 0 fully saturated rings. The molecule has 0 heterocycles. The van der Waals surface area contributed by atoms with E-state index in [9.17, 15) is 13.2 Å². The van der Waals surface area contributed by atoms with Gasteiger partial charge >= 0.3 is 0 Å². The Bertz CT molecular complexity index is 1170. The number of carbonyl (C=O) groups excluding carboxylic acids is 1. The van der Waals surface area contributed by atoms with Crippen LogP contribution in [0.4, 0.5) is 11.4 Å². The average molecular weight is 443 g/mol. The van der Waals surface area contributed by atoms with Crippen LogP contribution in [-0.2, 0) is 10.0 Å². The molecule has 3 aromatic rings. The number of nitrogens with one attached hydrogen (secondary N) is 2. The fraction of sp³-hybridized carbons (Fsp3) is 0.174. The summed E-state index contributed by atoms with van der Waals surface area (Å²) in [5.41, 5.74) is 3.30. The Labute approximate surface area is 182 Å². The van der Waals surface area contributed by atoms with E-state index in [1.54, 1.807) is 24.3 Å². The minimum absolute atomic E-state index is 0.0359. The molecule has 0 unspecified atom stereocenters. The van der Waals surface area contributed by atoms with Gasteiger partial charge in [0.25, 0.3) is 15.9 Å².